The average molecular weight is 163 g/mol. The lowest BCUT2D eigenvalue weighted by Gasteiger charge is -1.97. The van der Waals surface area contributed by atoms with E-state index in [1.54, 1.807) is 6.20 Å². The van der Waals surface area contributed by atoms with E-state index in [4.69, 9.17) is 5.73 Å². The van der Waals surface area contributed by atoms with Crippen LogP contribution >= 0.6 is 0 Å². The number of nitrogen functional groups attached to an aromatic ring is 1. The maximum atomic E-state index is 5.57. The first-order chi connectivity index (χ1) is 5.78. The monoisotopic (exact) mass is 163 g/mol. The largest absolute Gasteiger partial charge is 0.396 e. The normalized spacial score (nSPS) is 29.2. The third kappa shape index (κ3) is 0.854. The zero-order valence-corrected chi connectivity index (χ0v) is 7.03. The molecule has 3 nitrogen and oxygen atoms in total. The summed E-state index contributed by atoms with van der Waals surface area (Å²) >= 11 is 0. The van der Waals surface area contributed by atoms with Gasteiger partial charge in [-0.3, -0.25) is 4.68 Å². The van der Waals surface area contributed by atoms with Gasteiger partial charge in [0.05, 0.1) is 11.9 Å². The van der Waals surface area contributed by atoms with E-state index in [9.17, 15) is 0 Å². The summed E-state index contributed by atoms with van der Waals surface area (Å²) in [5.41, 5.74) is 7.13. The molecule has 3 rings (SSSR count). The molecule has 1 aromatic rings. The van der Waals surface area contributed by atoms with Crippen molar-refractivity contribution >= 4 is 5.69 Å². The van der Waals surface area contributed by atoms with Gasteiger partial charge in [-0.1, -0.05) is 0 Å². The van der Waals surface area contributed by atoms with Crippen LogP contribution in [-0.4, -0.2) is 9.78 Å². The minimum atomic E-state index is 0.778. The number of anilines is 1. The fraction of sp³-hybridized carbons (Fsp3) is 0.667. The van der Waals surface area contributed by atoms with Crippen molar-refractivity contribution < 1.29 is 0 Å². The molecule has 2 aliphatic carbocycles. The highest BCUT2D eigenvalue weighted by molar-refractivity contribution is 5.30. The van der Waals surface area contributed by atoms with E-state index in [2.05, 4.69) is 5.10 Å². The zero-order chi connectivity index (χ0) is 8.18. The Hall–Kier alpha value is -0.990. The molecule has 0 radical (unpaired) electrons. The molecular formula is C9H13N3. The molecule has 0 aliphatic heterocycles. The van der Waals surface area contributed by atoms with Crippen LogP contribution in [0.3, 0.4) is 0 Å². The van der Waals surface area contributed by atoms with Crippen LogP contribution in [0.5, 0.6) is 0 Å². The fourth-order valence-corrected chi connectivity index (χ4v) is 2.17. The van der Waals surface area contributed by atoms with Gasteiger partial charge in [0.1, 0.15) is 0 Å². The first-order valence-corrected chi connectivity index (χ1v) is 4.56. The van der Waals surface area contributed by atoms with Crippen LogP contribution in [0.15, 0.2) is 12.4 Å². The second kappa shape index (κ2) is 1.84. The standard InChI is InChI=1S/C9H13N3/c10-8-4-11-12(6-8)5-7-3-9(7)1-2-9/h4,6-7H,1-3,5,10H2. The Morgan fingerprint density at radius 1 is 1.67 bits per heavy atom. The van der Waals surface area contributed by atoms with E-state index in [1.807, 2.05) is 10.9 Å². The molecule has 64 valence electrons. The van der Waals surface area contributed by atoms with Gasteiger partial charge in [-0.25, -0.2) is 0 Å². The Morgan fingerprint density at radius 2 is 2.50 bits per heavy atom. The molecule has 2 saturated carbocycles. The van der Waals surface area contributed by atoms with Crippen molar-refractivity contribution in [2.24, 2.45) is 11.3 Å². The molecule has 3 heteroatoms. The Morgan fingerprint density at radius 3 is 3.00 bits per heavy atom. The van der Waals surface area contributed by atoms with Crippen LogP contribution in [0.2, 0.25) is 0 Å². The number of nitrogens with two attached hydrogens (primary N) is 1. The lowest BCUT2D eigenvalue weighted by molar-refractivity contribution is 0.526. The van der Waals surface area contributed by atoms with Gasteiger partial charge in [0.25, 0.3) is 0 Å². The van der Waals surface area contributed by atoms with Crippen LogP contribution in [0.1, 0.15) is 19.3 Å². The second-order valence-electron chi connectivity index (χ2n) is 4.26. The molecule has 1 atom stereocenters. The van der Waals surface area contributed by atoms with Gasteiger partial charge in [0.15, 0.2) is 0 Å². The third-order valence-corrected chi connectivity index (χ3v) is 3.31. The van der Waals surface area contributed by atoms with Gasteiger partial charge in [-0.05, 0) is 30.6 Å². The van der Waals surface area contributed by atoms with Gasteiger partial charge in [-0.2, -0.15) is 5.10 Å². The summed E-state index contributed by atoms with van der Waals surface area (Å²) in [4.78, 5) is 0. The van der Waals surface area contributed by atoms with Gasteiger partial charge in [0.2, 0.25) is 0 Å². The van der Waals surface area contributed by atoms with Gasteiger partial charge in [0, 0.05) is 12.7 Å². The molecule has 0 amide bonds. The molecule has 1 aromatic heterocycles. The van der Waals surface area contributed by atoms with Gasteiger partial charge in [-0.15, -0.1) is 0 Å². The van der Waals surface area contributed by atoms with Crippen LogP contribution in [0.4, 0.5) is 5.69 Å². The van der Waals surface area contributed by atoms with Crippen molar-refractivity contribution in [2.75, 3.05) is 5.73 Å². The maximum absolute atomic E-state index is 5.57. The second-order valence-corrected chi connectivity index (χ2v) is 4.26. The molecule has 1 unspecified atom stereocenters. The van der Waals surface area contributed by atoms with Crippen LogP contribution in [0, 0.1) is 11.3 Å². The molecule has 0 aromatic carbocycles. The minimum Gasteiger partial charge on any atom is -0.396 e. The Labute approximate surface area is 71.6 Å². The molecule has 0 saturated heterocycles. The predicted molar refractivity (Wildman–Crippen MR) is 46.4 cm³/mol. The zero-order valence-electron chi connectivity index (χ0n) is 7.03. The van der Waals surface area contributed by atoms with E-state index < -0.39 is 0 Å². The summed E-state index contributed by atoms with van der Waals surface area (Å²) in [5, 5.41) is 4.18. The summed E-state index contributed by atoms with van der Waals surface area (Å²) < 4.78 is 1.98. The minimum absolute atomic E-state index is 0.778. The summed E-state index contributed by atoms with van der Waals surface area (Å²) in [6.07, 6.45) is 7.98. The van der Waals surface area contributed by atoms with Crippen molar-refractivity contribution in [1.29, 1.82) is 0 Å². The van der Waals surface area contributed by atoms with E-state index in [-0.39, 0.29) is 0 Å². The van der Waals surface area contributed by atoms with Crippen molar-refractivity contribution in [2.45, 2.75) is 25.8 Å². The first kappa shape index (κ1) is 6.52. The van der Waals surface area contributed by atoms with Gasteiger partial charge < -0.3 is 5.73 Å². The molecular weight excluding hydrogens is 150 g/mol. The lowest BCUT2D eigenvalue weighted by Crippen LogP contribution is -2.01. The summed E-state index contributed by atoms with van der Waals surface area (Å²) in [5.74, 6) is 0.900. The summed E-state index contributed by atoms with van der Waals surface area (Å²) in [6.45, 7) is 1.08. The number of hydrogen-bond acceptors (Lipinski definition) is 2. The smallest absolute Gasteiger partial charge is 0.0719 e. The van der Waals surface area contributed by atoms with Crippen molar-refractivity contribution in [1.82, 2.24) is 9.78 Å². The Balaban J connectivity index is 1.69. The van der Waals surface area contributed by atoms with Crippen molar-refractivity contribution in [3.05, 3.63) is 12.4 Å². The lowest BCUT2D eigenvalue weighted by atomic mass is 10.3. The number of aromatic nitrogens is 2. The SMILES string of the molecule is Nc1cnn(CC2CC23CC3)c1. The number of hydrogen-bond donors (Lipinski definition) is 1. The number of nitrogens with zero attached hydrogens (tertiary/aromatic N) is 2. The number of rotatable bonds is 2. The molecule has 2 N–H and O–H groups in total. The summed E-state index contributed by atoms with van der Waals surface area (Å²) in [7, 11) is 0. The average Bonchev–Trinajstić information content (AvgIpc) is 2.89. The van der Waals surface area contributed by atoms with Crippen LogP contribution in [-0.2, 0) is 6.54 Å². The molecule has 12 heavy (non-hydrogen) atoms. The molecule has 2 aliphatic rings. The van der Waals surface area contributed by atoms with Crippen molar-refractivity contribution in [3.8, 4) is 0 Å². The molecule has 0 bridgehead atoms. The third-order valence-electron chi connectivity index (χ3n) is 3.31. The molecule has 1 heterocycles. The molecule has 1 spiro atoms. The van der Waals surface area contributed by atoms with Crippen LogP contribution in [0.25, 0.3) is 0 Å². The predicted octanol–water partition coefficient (Wildman–Crippen LogP) is 1.27. The van der Waals surface area contributed by atoms with Gasteiger partial charge >= 0.3 is 0 Å². The van der Waals surface area contributed by atoms with Crippen molar-refractivity contribution in [3.63, 3.8) is 0 Å². The fourth-order valence-electron chi connectivity index (χ4n) is 2.17. The van der Waals surface area contributed by atoms with E-state index in [0.29, 0.717) is 0 Å². The topological polar surface area (TPSA) is 43.8 Å². The Kier molecular flexibility index (Phi) is 1.000. The van der Waals surface area contributed by atoms with E-state index in [1.165, 1.54) is 19.3 Å². The Bertz CT molecular complexity index is 311. The van der Waals surface area contributed by atoms with Crippen LogP contribution < -0.4 is 5.73 Å². The highest BCUT2D eigenvalue weighted by atomic mass is 15.3. The first-order valence-electron chi connectivity index (χ1n) is 4.56. The highest BCUT2D eigenvalue weighted by Gasteiger charge is 2.62. The molecule has 2 fully saturated rings. The van der Waals surface area contributed by atoms with E-state index in [0.717, 1.165) is 23.6 Å². The quantitative estimate of drug-likeness (QED) is 0.713. The highest BCUT2D eigenvalue weighted by Crippen LogP contribution is 2.70. The maximum Gasteiger partial charge on any atom is 0.0719 e. The summed E-state index contributed by atoms with van der Waals surface area (Å²) in [6, 6.07) is 0. The van der Waals surface area contributed by atoms with E-state index >= 15 is 0 Å².